The molecule has 0 radical (unpaired) electrons. The third-order valence-corrected chi connectivity index (χ3v) is 3.33. The highest BCUT2D eigenvalue weighted by molar-refractivity contribution is 6.31. The zero-order chi connectivity index (χ0) is 14.1. The monoisotopic (exact) mass is 291 g/mol. The number of benzene rings is 2. The number of hydrogen-bond donors (Lipinski definition) is 1. The molecule has 0 spiro atoms. The van der Waals surface area contributed by atoms with Crippen molar-refractivity contribution in [1.29, 1.82) is 0 Å². The summed E-state index contributed by atoms with van der Waals surface area (Å²) in [5.74, 6) is 2.05. The van der Waals surface area contributed by atoms with Gasteiger partial charge < -0.3 is 14.2 Å². The molecule has 0 aliphatic carbocycles. The van der Waals surface area contributed by atoms with Gasteiger partial charge in [-0.3, -0.25) is 5.32 Å². The van der Waals surface area contributed by atoms with E-state index in [-0.39, 0.29) is 0 Å². The maximum absolute atomic E-state index is 6.17. The van der Waals surface area contributed by atoms with Crippen LogP contribution >= 0.6 is 11.6 Å². The molecule has 3 rings (SSSR count). The van der Waals surface area contributed by atoms with Crippen LogP contribution in [0, 0.1) is 0 Å². The van der Waals surface area contributed by atoms with Gasteiger partial charge in [0.2, 0.25) is 0 Å². The lowest BCUT2D eigenvalue weighted by atomic mass is 10.0. The lowest BCUT2D eigenvalue weighted by molar-refractivity contribution is 0.0257. The Morgan fingerprint density at radius 3 is 2.70 bits per heavy atom. The van der Waals surface area contributed by atoms with Gasteiger partial charge in [0, 0.05) is 22.2 Å². The van der Waals surface area contributed by atoms with Crippen molar-refractivity contribution in [3.63, 3.8) is 0 Å². The molecule has 0 fully saturated rings. The molecule has 2 aromatic carbocycles. The summed E-state index contributed by atoms with van der Waals surface area (Å²) in [5.41, 5.74) is 1.76. The predicted molar refractivity (Wildman–Crippen MR) is 77.5 cm³/mol. The minimum absolute atomic E-state index is 0.503. The summed E-state index contributed by atoms with van der Waals surface area (Å²) >= 11 is 6.17. The van der Waals surface area contributed by atoms with Crippen LogP contribution in [0.5, 0.6) is 17.2 Å². The molecular formula is C15H14ClNO3. The Labute approximate surface area is 122 Å². The molecule has 0 amide bonds. The van der Waals surface area contributed by atoms with E-state index in [9.17, 15) is 0 Å². The second-order valence-corrected chi connectivity index (χ2v) is 4.77. The summed E-state index contributed by atoms with van der Waals surface area (Å²) in [6, 6.07) is 11.3. The first-order valence-electron chi connectivity index (χ1n) is 6.20. The first-order chi connectivity index (χ1) is 9.72. The highest BCUT2D eigenvalue weighted by Crippen LogP contribution is 2.46. The largest absolute Gasteiger partial charge is 0.496 e. The van der Waals surface area contributed by atoms with Crippen molar-refractivity contribution in [3.8, 4) is 28.4 Å². The average Bonchev–Trinajstić information content (AvgIpc) is 2.89. The zero-order valence-corrected chi connectivity index (χ0v) is 11.9. The summed E-state index contributed by atoms with van der Waals surface area (Å²) < 4.78 is 16.8. The Balaban J connectivity index is 2.16. The molecule has 1 unspecified atom stereocenters. The maximum atomic E-state index is 6.17. The Morgan fingerprint density at radius 2 is 1.95 bits per heavy atom. The third kappa shape index (κ3) is 2.17. The second kappa shape index (κ2) is 5.23. The van der Waals surface area contributed by atoms with E-state index in [2.05, 4.69) is 5.32 Å². The van der Waals surface area contributed by atoms with Crippen molar-refractivity contribution in [2.45, 2.75) is 6.41 Å². The lowest BCUT2D eigenvalue weighted by Crippen LogP contribution is -2.32. The average molecular weight is 292 g/mol. The van der Waals surface area contributed by atoms with Gasteiger partial charge in [0.15, 0.2) is 11.5 Å². The van der Waals surface area contributed by atoms with E-state index in [1.54, 1.807) is 20.2 Å². The van der Waals surface area contributed by atoms with Gasteiger partial charge in [-0.15, -0.1) is 0 Å². The first kappa shape index (κ1) is 13.1. The Morgan fingerprint density at radius 1 is 1.15 bits per heavy atom. The van der Waals surface area contributed by atoms with Crippen molar-refractivity contribution in [2.75, 3.05) is 14.2 Å². The minimum atomic E-state index is -0.503. The van der Waals surface area contributed by atoms with Gasteiger partial charge in [-0.1, -0.05) is 29.8 Å². The van der Waals surface area contributed by atoms with Crippen LogP contribution in [0.3, 0.4) is 0 Å². The first-order valence-corrected chi connectivity index (χ1v) is 6.58. The van der Waals surface area contributed by atoms with Gasteiger partial charge in [0.1, 0.15) is 5.75 Å². The molecule has 0 saturated heterocycles. The molecule has 0 saturated carbocycles. The van der Waals surface area contributed by atoms with Crippen LogP contribution in [0.25, 0.3) is 11.1 Å². The SMILES string of the molecule is CNC1Oc2cc(Cl)cc(-c3ccccc3OC)c2O1. The van der Waals surface area contributed by atoms with E-state index in [4.69, 9.17) is 25.8 Å². The Bertz CT molecular complexity index is 645. The van der Waals surface area contributed by atoms with Crippen molar-refractivity contribution in [2.24, 2.45) is 0 Å². The van der Waals surface area contributed by atoms with Crippen LogP contribution in [0.15, 0.2) is 36.4 Å². The molecule has 104 valence electrons. The van der Waals surface area contributed by atoms with Crippen LogP contribution in [-0.2, 0) is 0 Å². The lowest BCUT2D eigenvalue weighted by Gasteiger charge is -2.11. The molecule has 1 atom stereocenters. The van der Waals surface area contributed by atoms with Gasteiger partial charge in [0.05, 0.1) is 7.11 Å². The minimum Gasteiger partial charge on any atom is -0.496 e. The van der Waals surface area contributed by atoms with Crippen molar-refractivity contribution < 1.29 is 14.2 Å². The molecule has 4 nitrogen and oxygen atoms in total. The molecule has 0 bridgehead atoms. The molecule has 1 N–H and O–H groups in total. The Hall–Kier alpha value is -1.91. The molecule has 0 aromatic heterocycles. The molecule has 1 aliphatic heterocycles. The standard InChI is InChI=1S/C15H14ClNO3/c1-17-15-19-13-8-9(16)7-11(14(13)20-15)10-5-3-4-6-12(10)18-2/h3-8,15,17H,1-2H3. The van der Waals surface area contributed by atoms with E-state index in [0.29, 0.717) is 16.5 Å². The van der Waals surface area contributed by atoms with E-state index in [1.807, 2.05) is 30.3 Å². The van der Waals surface area contributed by atoms with Crippen molar-refractivity contribution >= 4 is 11.6 Å². The van der Waals surface area contributed by atoms with Crippen LogP contribution in [-0.4, -0.2) is 20.6 Å². The topological polar surface area (TPSA) is 39.7 Å². The van der Waals surface area contributed by atoms with Crippen molar-refractivity contribution in [1.82, 2.24) is 5.32 Å². The van der Waals surface area contributed by atoms with E-state index in [1.165, 1.54) is 0 Å². The summed E-state index contributed by atoms with van der Waals surface area (Å²) in [7, 11) is 3.40. The number of ether oxygens (including phenoxy) is 3. The summed E-state index contributed by atoms with van der Waals surface area (Å²) in [6.07, 6.45) is -0.503. The summed E-state index contributed by atoms with van der Waals surface area (Å²) in [6.45, 7) is 0. The predicted octanol–water partition coefficient (Wildman–Crippen LogP) is 3.29. The summed E-state index contributed by atoms with van der Waals surface area (Å²) in [4.78, 5) is 0. The Kier molecular flexibility index (Phi) is 3.42. The van der Waals surface area contributed by atoms with Crippen LogP contribution in [0.1, 0.15) is 0 Å². The fourth-order valence-electron chi connectivity index (χ4n) is 2.21. The van der Waals surface area contributed by atoms with Crippen LogP contribution in [0.2, 0.25) is 5.02 Å². The third-order valence-electron chi connectivity index (χ3n) is 3.11. The van der Waals surface area contributed by atoms with Gasteiger partial charge in [-0.25, -0.2) is 0 Å². The quantitative estimate of drug-likeness (QED) is 0.942. The van der Waals surface area contributed by atoms with Crippen molar-refractivity contribution in [3.05, 3.63) is 41.4 Å². The fourth-order valence-corrected chi connectivity index (χ4v) is 2.42. The number of halogens is 1. The fraction of sp³-hybridized carbons (Fsp3) is 0.200. The maximum Gasteiger partial charge on any atom is 0.302 e. The van der Waals surface area contributed by atoms with Gasteiger partial charge in [-0.2, -0.15) is 0 Å². The molecule has 2 aromatic rings. The number of methoxy groups -OCH3 is 1. The van der Waals surface area contributed by atoms with Gasteiger partial charge in [0.25, 0.3) is 0 Å². The summed E-state index contributed by atoms with van der Waals surface area (Å²) in [5, 5.41) is 3.51. The van der Waals surface area contributed by atoms with Gasteiger partial charge in [-0.05, 0) is 19.2 Å². The second-order valence-electron chi connectivity index (χ2n) is 4.34. The normalized spacial score (nSPS) is 16.2. The highest BCUT2D eigenvalue weighted by Gasteiger charge is 2.27. The molecule has 1 aliphatic rings. The molecule has 1 heterocycles. The zero-order valence-electron chi connectivity index (χ0n) is 11.1. The number of para-hydroxylation sites is 1. The van der Waals surface area contributed by atoms with Crippen LogP contribution < -0.4 is 19.5 Å². The van der Waals surface area contributed by atoms with Crippen LogP contribution in [0.4, 0.5) is 0 Å². The molecule has 20 heavy (non-hydrogen) atoms. The number of rotatable bonds is 3. The number of nitrogens with one attached hydrogen (secondary N) is 1. The smallest absolute Gasteiger partial charge is 0.302 e. The highest BCUT2D eigenvalue weighted by atomic mass is 35.5. The molecule has 5 heteroatoms. The van der Waals surface area contributed by atoms with E-state index in [0.717, 1.165) is 16.9 Å². The molecular weight excluding hydrogens is 278 g/mol. The number of hydrogen-bond acceptors (Lipinski definition) is 4. The number of fused-ring (bicyclic) bond motifs is 1. The van der Waals surface area contributed by atoms with E-state index < -0.39 is 6.41 Å². The van der Waals surface area contributed by atoms with Gasteiger partial charge >= 0.3 is 6.41 Å². The van der Waals surface area contributed by atoms with E-state index >= 15 is 0 Å².